The average molecular weight is 256 g/mol. The first-order valence-electron chi connectivity index (χ1n) is 6.16. The van der Waals surface area contributed by atoms with Crippen molar-refractivity contribution < 1.29 is 14.7 Å². The zero-order valence-electron chi connectivity index (χ0n) is 11.5. The molecule has 1 fully saturated rings. The maximum Gasteiger partial charge on any atom is 0.352 e. The van der Waals surface area contributed by atoms with Crippen molar-refractivity contribution in [1.29, 1.82) is 0 Å². The smallest absolute Gasteiger partial charge is 0.352 e. The van der Waals surface area contributed by atoms with Gasteiger partial charge in [-0.2, -0.15) is 0 Å². The maximum absolute atomic E-state index is 11.9. The molecule has 5 N–H and O–H groups in total. The van der Waals surface area contributed by atoms with Crippen LogP contribution >= 0.6 is 0 Å². The van der Waals surface area contributed by atoms with Crippen LogP contribution in [0.25, 0.3) is 0 Å². The highest BCUT2D eigenvalue weighted by Crippen LogP contribution is 2.51. The molecule has 5 nitrogen and oxygen atoms in total. The fraction of sp³-hybridized carbons (Fsp3) is 0.692. The summed E-state index contributed by atoms with van der Waals surface area (Å²) in [6.07, 6.45) is 5.05. The molecule has 0 aliphatic heterocycles. The van der Waals surface area contributed by atoms with Crippen LogP contribution < -0.4 is 11.5 Å². The van der Waals surface area contributed by atoms with E-state index in [0.717, 1.165) is 19.3 Å². The molecule has 0 spiro atoms. The number of hydrogen-bond donors (Lipinski definition) is 3. The van der Waals surface area contributed by atoms with Gasteiger partial charge in [-0.1, -0.05) is 33.3 Å². The lowest BCUT2D eigenvalue weighted by atomic mass is 10.1. The van der Waals surface area contributed by atoms with Crippen LogP contribution in [-0.2, 0) is 9.59 Å². The number of carbonyl (C=O) groups is 2. The molecular formula is C13H24N2O3. The van der Waals surface area contributed by atoms with Crippen molar-refractivity contribution >= 4 is 11.9 Å². The molecule has 1 amide bonds. The molecule has 0 heterocycles. The molecule has 1 aliphatic rings. The first-order valence-corrected chi connectivity index (χ1v) is 6.16. The van der Waals surface area contributed by atoms with Gasteiger partial charge in [-0.05, 0) is 25.2 Å². The summed E-state index contributed by atoms with van der Waals surface area (Å²) >= 11 is 0. The number of allylic oxidation sites excluding steroid dienone is 1. The van der Waals surface area contributed by atoms with Crippen molar-refractivity contribution in [3.63, 3.8) is 0 Å². The highest BCUT2D eigenvalue weighted by atomic mass is 16.4. The van der Waals surface area contributed by atoms with Crippen LogP contribution in [0.3, 0.4) is 0 Å². The molecule has 5 heteroatoms. The molecule has 0 radical (unpaired) electrons. The molecule has 1 rings (SSSR count). The summed E-state index contributed by atoms with van der Waals surface area (Å²) in [7, 11) is 0. The van der Waals surface area contributed by atoms with Gasteiger partial charge >= 0.3 is 5.97 Å². The van der Waals surface area contributed by atoms with Crippen molar-refractivity contribution in [1.82, 2.24) is 11.5 Å². The van der Waals surface area contributed by atoms with Crippen LogP contribution in [0, 0.1) is 11.3 Å². The second-order valence-corrected chi connectivity index (χ2v) is 5.04. The van der Waals surface area contributed by atoms with E-state index in [4.69, 9.17) is 5.11 Å². The van der Waals surface area contributed by atoms with Crippen molar-refractivity contribution in [3.05, 3.63) is 11.8 Å². The fourth-order valence-electron chi connectivity index (χ4n) is 1.80. The van der Waals surface area contributed by atoms with Gasteiger partial charge in [0.05, 0.1) is 0 Å². The van der Waals surface area contributed by atoms with Crippen LogP contribution in [0.4, 0.5) is 0 Å². The Kier molecular flexibility index (Phi) is 6.05. The van der Waals surface area contributed by atoms with E-state index in [9.17, 15) is 9.59 Å². The Bertz CT molecular complexity index is 352. The minimum atomic E-state index is -1.06. The van der Waals surface area contributed by atoms with E-state index < -0.39 is 5.97 Å². The second kappa shape index (κ2) is 6.54. The van der Waals surface area contributed by atoms with E-state index in [2.05, 4.69) is 5.32 Å². The van der Waals surface area contributed by atoms with Gasteiger partial charge in [-0.3, -0.25) is 4.79 Å². The molecule has 0 aromatic heterocycles. The largest absolute Gasteiger partial charge is 0.477 e. The van der Waals surface area contributed by atoms with Gasteiger partial charge in [0.15, 0.2) is 0 Å². The number of nitrogens with one attached hydrogen (secondary N) is 1. The van der Waals surface area contributed by atoms with Crippen molar-refractivity contribution in [3.8, 4) is 0 Å². The van der Waals surface area contributed by atoms with E-state index in [0.29, 0.717) is 12.3 Å². The lowest BCUT2D eigenvalue weighted by molar-refractivity contribution is -0.135. The Morgan fingerprint density at radius 3 is 2.44 bits per heavy atom. The predicted octanol–water partition coefficient (Wildman–Crippen LogP) is 2.47. The van der Waals surface area contributed by atoms with Gasteiger partial charge < -0.3 is 16.6 Å². The lowest BCUT2D eigenvalue weighted by Crippen LogP contribution is -2.33. The highest BCUT2D eigenvalue weighted by molar-refractivity contribution is 5.95. The van der Waals surface area contributed by atoms with E-state index in [-0.39, 0.29) is 23.2 Å². The van der Waals surface area contributed by atoms with Crippen molar-refractivity contribution in [2.24, 2.45) is 11.3 Å². The van der Waals surface area contributed by atoms with Crippen LogP contribution in [0.5, 0.6) is 0 Å². The summed E-state index contributed by atoms with van der Waals surface area (Å²) < 4.78 is 0. The second-order valence-electron chi connectivity index (χ2n) is 5.04. The van der Waals surface area contributed by atoms with Gasteiger partial charge in [0.25, 0.3) is 0 Å². The quantitative estimate of drug-likeness (QED) is 0.502. The van der Waals surface area contributed by atoms with Gasteiger partial charge in [0, 0.05) is 5.41 Å². The number of unbranched alkanes of at least 4 members (excludes halogenated alkanes) is 2. The molecule has 2 unspecified atom stereocenters. The number of hydrogen-bond acceptors (Lipinski definition) is 3. The molecule has 18 heavy (non-hydrogen) atoms. The minimum absolute atomic E-state index is 0. The van der Waals surface area contributed by atoms with Gasteiger partial charge in [0.2, 0.25) is 5.91 Å². The number of carboxylic acid groups (broad SMARTS) is 1. The number of carbonyl (C=O) groups excluding carboxylic acids is 1. The fourth-order valence-corrected chi connectivity index (χ4v) is 1.80. The lowest BCUT2D eigenvalue weighted by Gasteiger charge is -2.11. The number of aliphatic carboxylic acids is 1. The number of rotatable bonds is 6. The highest BCUT2D eigenvalue weighted by Gasteiger charge is 2.53. The Labute approximate surface area is 108 Å². The van der Waals surface area contributed by atoms with Crippen LogP contribution in [0.2, 0.25) is 0 Å². The standard InChI is InChI=1S/C13H21NO3.H3N/c1-4-5-6-7-10(11(15)16)14-12(17)13(3)8-9(13)2;/h7,9H,4-6,8H2,1-3H3,(H,14,17)(H,15,16);1H3. The SMILES string of the molecule is CCCCC=C(NC(=O)C1(C)CC1C)C(=O)O.N. The monoisotopic (exact) mass is 256 g/mol. The van der Waals surface area contributed by atoms with Crippen LogP contribution in [0.1, 0.15) is 46.5 Å². The van der Waals surface area contributed by atoms with Crippen LogP contribution in [-0.4, -0.2) is 17.0 Å². The Morgan fingerprint density at radius 2 is 2.06 bits per heavy atom. The molecule has 0 aromatic carbocycles. The summed E-state index contributed by atoms with van der Waals surface area (Å²) in [5.74, 6) is -0.894. The van der Waals surface area contributed by atoms with E-state index in [1.807, 2.05) is 20.8 Å². The zero-order chi connectivity index (χ0) is 13.1. The summed E-state index contributed by atoms with van der Waals surface area (Å²) in [5, 5.41) is 11.5. The minimum Gasteiger partial charge on any atom is -0.477 e. The zero-order valence-corrected chi connectivity index (χ0v) is 11.5. The van der Waals surface area contributed by atoms with Crippen molar-refractivity contribution in [2.45, 2.75) is 46.5 Å². The third-order valence-corrected chi connectivity index (χ3v) is 3.56. The normalized spacial score (nSPS) is 26.2. The molecule has 1 aliphatic carbocycles. The summed E-state index contributed by atoms with van der Waals surface area (Å²) in [5.41, 5.74) is -0.358. The summed E-state index contributed by atoms with van der Waals surface area (Å²) in [6, 6.07) is 0. The Morgan fingerprint density at radius 1 is 1.50 bits per heavy atom. The Balaban J connectivity index is 0.00000289. The summed E-state index contributed by atoms with van der Waals surface area (Å²) in [6.45, 7) is 5.92. The maximum atomic E-state index is 11.9. The molecule has 0 saturated heterocycles. The van der Waals surface area contributed by atoms with Gasteiger partial charge in [0.1, 0.15) is 5.70 Å². The van der Waals surface area contributed by atoms with Gasteiger partial charge in [-0.25, -0.2) is 4.79 Å². The molecule has 2 atom stereocenters. The molecule has 1 saturated carbocycles. The predicted molar refractivity (Wildman–Crippen MR) is 70.3 cm³/mol. The number of amides is 1. The van der Waals surface area contributed by atoms with E-state index in [1.54, 1.807) is 6.08 Å². The van der Waals surface area contributed by atoms with E-state index >= 15 is 0 Å². The molecule has 104 valence electrons. The first-order chi connectivity index (χ1) is 7.91. The van der Waals surface area contributed by atoms with Crippen molar-refractivity contribution in [2.75, 3.05) is 0 Å². The third kappa shape index (κ3) is 3.84. The third-order valence-electron chi connectivity index (χ3n) is 3.56. The summed E-state index contributed by atoms with van der Waals surface area (Å²) in [4.78, 5) is 22.8. The molecule has 0 bridgehead atoms. The molecule has 0 aromatic rings. The Hall–Kier alpha value is -1.36. The van der Waals surface area contributed by atoms with E-state index in [1.165, 1.54) is 0 Å². The van der Waals surface area contributed by atoms with Crippen LogP contribution in [0.15, 0.2) is 11.8 Å². The van der Waals surface area contributed by atoms with Gasteiger partial charge in [-0.15, -0.1) is 0 Å². The average Bonchev–Trinajstić information content (AvgIpc) is 2.87. The number of carboxylic acids is 1. The molecular weight excluding hydrogens is 232 g/mol. The topological polar surface area (TPSA) is 101 Å². The first kappa shape index (κ1) is 16.6.